The van der Waals surface area contributed by atoms with E-state index in [9.17, 15) is 18.5 Å². The molecule has 0 aliphatic heterocycles. The number of hydrogen-bond acceptors (Lipinski definition) is 5. The second kappa shape index (κ2) is 4.71. The largest absolute Gasteiger partial charge is 0.273 e. The molecule has 0 aliphatic carbocycles. The Bertz CT molecular complexity index is 793. The van der Waals surface area contributed by atoms with Crippen LogP contribution in [-0.2, 0) is 10.0 Å². The monoisotopic (exact) mass is 295 g/mol. The number of nitrogens with zero attached hydrogens (tertiary/aromatic N) is 3. The van der Waals surface area contributed by atoms with Gasteiger partial charge in [0.25, 0.3) is 15.7 Å². The average Bonchev–Trinajstić information content (AvgIpc) is 2.78. The molecule has 2 rings (SSSR count). The van der Waals surface area contributed by atoms with Gasteiger partial charge in [-0.2, -0.15) is 0 Å². The SMILES string of the molecule is Cc1cc(S(=O)(=O)n2ccnc2C)cc([N+](=O)[O-])c1C. The van der Waals surface area contributed by atoms with Crippen molar-refractivity contribution in [1.29, 1.82) is 0 Å². The molecule has 0 unspecified atom stereocenters. The molecule has 0 aliphatic rings. The molecule has 7 nitrogen and oxygen atoms in total. The van der Waals surface area contributed by atoms with Crippen LogP contribution in [0.5, 0.6) is 0 Å². The van der Waals surface area contributed by atoms with Crippen molar-refractivity contribution < 1.29 is 13.3 Å². The van der Waals surface area contributed by atoms with E-state index in [2.05, 4.69) is 4.98 Å². The highest BCUT2D eigenvalue weighted by Crippen LogP contribution is 2.27. The number of aryl methyl sites for hydroxylation is 2. The lowest BCUT2D eigenvalue weighted by molar-refractivity contribution is -0.385. The molecule has 106 valence electrons. The highest BCUT2D eigenvalue weighted by molar-refractivity contribution is 7.90. The Balaban J connectivity index is 2.71. The highest BCUT2D eigenvalue weighted by Gasteiger charge is 2.24. The number of hydrogen-bond donors (Lipinski definition) is 0. The maximum atomic E-state index is 12.5. The number of nitro benzene ring substituents is 1. The standard InChI is InChI=1S/C12H13N3O4S/c1-8-6-11(7-12(9(8)2)15(16)17)20(18,19)14-5-4-13-10(14)3/h4-7H,1-3H3. The van der Waals surface area contributed by atoms with E-state index in [1.165, 1.54) is 18.5 Å². The van der Waals surface area contributed by atoms with Crippen LogP contribution >= 0.6 is 0 Å². The summed E-state index contributed by atoms with van der Waals surface area (Å²) in [6.45, 7) is 4.78. The molecule has 1 heterocycles. The van der Waals surface area contributed by atoms with E-state index in [4.69, 9.17) is 0 Å². The molecule has 0 bridgehead atoms. The van der Waals surface area contributed by atoms with Gasteiger partial charge in [-0.25, -0.2) is 17.4 Å². The van der Waals surface area contributed by atoms with Crippen LogP contribution < -0.4 is 0 Å². The van der Waals surface area contributed by atoms with Gasteiger partial charge in [0.2, 0.25) is 0 Å². The number of benzene rings is 1. The first-order valence-electron chi connectivity index (χ1n) is 5.76. The topological polar surface area (TPSA) is 95.1 Å². The molecule has 8 heteroatoms. The van der Waals surface area contributed by atoms with Gasteiger partial charge in [0.15, 0.2) is 0 Å². The summed E-state index contributed by atoms with van der Waals surface area (Å²) in [5.74, 6) is 0.297. The fourth-order valence-electron chi connectivity index (χ4n) is 1.88. The zero-order valence-corrected chi connectivity index (χ0v) is 12.0. The van der Waals surface area contributed by atoms with Crippen LogP contribution in [0.3, 0.4) is 0 Å². The molecule has 0 saturated carbocycles. The first-order chi connectivity index (χ1) is 9.25. The van der Waals surface area contributed by atoms with Crippen molar-refractivity contribution in [2.75, 3.05) is 0 Å². The fourth-order valence-corrected chi connectivity index (χ4v) is 3.30. The highest BCUT2D eigenvalue weighted by atomic mass is 32.2. The Morgan fingerprint density at radius 3 is 2.40 bits per heavy atom. The summed E-state index contributed by atoms with van der Waals surface area (Å²) in [5.41, 5.74) is 0.799. The lowest BCUT2D eigenvalue weighted by Crippen LogP contribution is -2.14. The minimum absolute atomic E-state index is 0.117. The van der Waals surface area contributed by atoms with Gasteiger partial charge >= 0.3 is 0 Å². The lowest BCUT2D eigenvalue weighted by atomic mass is 10.1. The Kier molecular flexibility index (Phi) is 3.34. The first kappa shape index (κ1) is 14.2. The van der Waals surface area contributed by atoms with Crippen molar-refractivity contribution in [2.45, 2.75) is 25.7 Å². The summed E-state index contributed by atoms with van der Waals surface area (Å²) in [7, 11) is -3.87. The molecule has 0 fully saturated rings. The van der Waals surface area contributed by atoms with E-state index in [-0.39, 0.29) is 10.6 Å². The third-order valence-corrected chi connectivity index (χ3v) is 4.88. The van der Waals surface area contributed by atoms with Gasteiger partial charge in [-0.3, -0.25) is 10.1 Å². The van der Waals surface area contributed by atoms with Crippen molar-refractivity contribution in [3.8, 4) is 0 Å². The minimum atomic E-state index is -3.87. The normalized spacial score (nSPS) is 11.6. The zero-order chi connectivity index (χ0) is 15.1. The molecule has 2 aromatic rings. The van der Waals surface area contributed by atoms with E-state index in [0.717, 1.165) is 10.0 Å². The van der Waals surface area contributed by atoms with Crippen molar-refractivity contribution in [2.24, 2.45) is 0 Å². The number of imidazole rings is 1. The van der Waals surface area contributed by atoms with E-state index in [1.807, 2.05) is 0 Å². The van der Waals surface area contributed by atoms with Crippen molar-refractivity contribution in [3.63, 3.8) is 0 Å². The number of rotatable bonds is 3. The predicted octanol–water partition coefficient (Wildman–Crippen LogP) is 1.95. The number of aromatic nitrogens is 2. The maximum absolute atomic E-state index is 12.5. The van der Waals surface area contributed by atoms with Gasteiger partial charge in [-0.15, -0.1) is 0 Å². The molecule has 0 spiro atoms. The van der Waals surface area contributed by atoms with Crippen molar-refractivity contribution in [1.82, 2.24) is 8.96 Å². The van der Waals surface area contributed by atoms with E-state index in [0.29, 0.717) is 17.0 Å². The maximum Gasteiger partial charge on any atom is 0.273 e. The van der Waals surface area contributed by atoms with Crippen LogP contribution in [0.4, 0.5) is 5.69 Å². The molecule has 1 aromatic heterocycles. The number of nitro groups is 1. The second-order valence-corrected chi connectivity index (χ2v) is 6.23. The first-order valence-corrected chi connectivity index (χ1v) is 7.20. The van der Waals surface area contributed by atoms with Crippen LogP contribution in [-0.4, -0.2) is 22.3 Å². The summed E-state index contributed by atoms with van der Waals surface area (Å²) < 4.78 is 25.9. The molecule has 0 N–H and O–H groups in total. The van der Waals surface area contributed by atoms with Crippen LogP contribution in [0.2, 0.25) is 0 Å². The molecule has 1 aromatic carbocycles. The van der Waals surface area contributed by atoms with Gasteiger partial charge in [-0.05, 0) is 32.4 Å². The van der Waals surface area contributed by atoms with Crippen LogP contribution in [0.1, 0.15) is 17.0 Å². The van der Waals surface area contributed by atoms with Crippen molar-refractivity contribution >= 4 is 15.7 Å². The molecule has 0 amide bonds. The molecular weight excluding hydrogens is 282 g/mol. The Labute approximate surface area is 116 Å². The Hall–Kier alpha value is -2.22. The van der Waals surface area contributed by atoms with Gasteiger partial charge in [-0.1, -0.05) is 0 Å². The summed E-state index contributed by atoms with van der Waals surface area (Å²) in [5, 5.41) is 11.0. The summed E-state index contributed by atoms with van der Waals surface area (Å²) in [6.07, 6.45) is 2.67. The van der Waals surface area contributed by atoms with Gasteiger partial charge < -0.3 is 0 Å². The van der Waals surface area contributed by atoms with E-state index >= 15 is 0 Å². The minimum Gasteiger partial charge on any atom is -0.258 e. The summed E-state index contributed by atoms with van der Waals surface area (Å²) >= 11 is 0. The lowest BCUT2D eigenvalue weighted by Gasteiger charge is -2.09. The Morgan fingerprint density at radius 1 is 1.25 bits per heavy atom. The Morgan fingerprint density at radius 2 is 1.90 bits per heavy atom. The zero-order valence-electron chi connectivity index (χ0n) is 11.2. The molecular formula is C12H13N3O4S. The third-order valence-electron chi connectivity index (χ3n) is 3.15. The van der Waals surface area contributed by atoms with E-state index < -0.39 is 14.9 Å². The average molecular weight is 295 g/mol. The van der Waals surface area contributed by atoms with Gasteiger partial charge in [0, 0.05) is 24.0 Å². The van der Waals surface area contributed by atoms with Crippen molar-refractivity contribution in [3.05, 3.63) is 51.6 Å². The molecule has 0 radical (unpaired) electrons. The van der Waals surface area contributed by atoms with Gasteiger partial charge in [0.1, 0.15) is 5.82 Å². The van der Waals surface area contributed by atoms with Crippen LogP contribution in [0.15, 0.2) is 29.4 Å². The van der Waals surface area contributed by atoms with Crippen LogP contribution in [0, 0.1) is 30.9 Å². The second-order valence-electron chi connectivity index (χ2n) is 4.42. The van der Waals surface area contributed by atoms with E-state index in [1.54, 1.807) is 20.8 Å². The molecule has 0 atom stereocenters. The smallest absolute Gasteiger partial charge is 0.258 e. The van der Waals surface area contributed by atoms with Gasteiger partial charge in [0.05, 0.1) is 9.82 Å². The fraction of sp³-hybridized carbons (Fsp3) is 0.250. The molecule has 0 saturated heterocycles. The summed E-state index contributed by atoms with van der Waals surface area (Å²) in [4.78, 5) is 14.2. The third kappa shape index (κ3) is 2.18. The molecule has 20 heavy (non-hydrogen) atoms. The predicted molar refractivity (Wildman–Crippen MR) is 72.1 cm³/mol. The summed E-state index contributed by atoms with van der Waals surface area (Å²) in [6, 6.07) is 2.51. The van der Waals surface area contributed by atoms with Crippen LogP contribution in [0.25, 0.3) is 0 Å². The quantitative estimate of drug-likeness (QED) is 0.637.